The molecule has 0 bridgehead atoms. The number of fused-ring (bicyclic) bond motifs is 1. The number of nitrogens with zero attached hydrogens (tertiary/aromatic N) is 3. The second-order valence-corrected chi connectivity index (χ2v) is 15.9. The van der Waals surface area contributed by atoms with Crippen LogP contribution in [0.4, 0.5) is 4.39 Å². The zero-order chi connectivity index (χ0) is 39.4. The molecule has 2 aromatic heterocycles. The molecule has 5 heteroatoms. The van der Waals surface area contributed by atoms with Crippen LogP contribution in [-0.2, 0) is 25.5 Å². The number of benzene rings is 6. The monoisotopic (exact) mass is 926 g/mol. The Labute approximate surface area is 351 Å². The van der Waals surface area contributed by atoms with Gasteiger partial charge in [0.1, 0.15) is 0 Å². The van der Waals surface area contributed by atoms with E-state index in [0.29, 0.717) is 11.8 Å². The molecule has 3 nitrogen and oxygen atoms in total. The summed E-state index contributed by atoms with van der Waals surface area (Å²) in [5.41, 5.74) is 14.9. The number of rotatable bonds is 7. The summed E-state index contributed by atoms with van der Waals surface area (Å²) in [7, 11) is 0. The second kappa shape index (κ2) is 17.8. The summed E-state index contributed by atoms with van der Waals surface area (Å²) in [6, 6.07) is 55.7. The van der Waals surface area contributed by atoms with Crippen LogP contribution >= 0.6 is 0 Å². The van der Waals surface area contributed by atoms with Gasteiger partial charge in [0.15, 0.2) is 0 Å². The largest absolute Gasteiger partial charge is 0.333 e. The summed E-state index contributed by atoms with van der Waals surface area (Å²) in [5, 5.41) is 0. The van der Waals surface area contributed by atoms with Gasteiger partial charge in [0.2, 0.25) is 0 Å². The third-order valence-corrected chi connectivity index (χ3v) is 10.1. The zero-order valence-corrected chi connectivity index (χ0v) is 36.0. The normalized spacial score (nSPS) is 11.3. The van der Waals surface area contributed by atoms with E-state index in [2.05, 4.69) is 173 Å². The van der Waals surface area contributed by atoms with Crippen molar-refractivity contribution in [3.8, 4) is 50.6 Å². The van der Waals surface area contributed by atoms with E-state index < -0.39 is 0 Å². The number of halogens is 1. The van der Waals surface area contributed by atoms with Crippen LogP contribution < -0.4 is 0 Å². The molecule has 0 saturated heterocycles. The van der Waals surface area contributed by atoms with E-state index >= 15 is 0 Å². The number of imidazole rings is 1. The Balaban J connectivity index is 0.000000256. The molecular formula is C52H48FIrN3-2. The van der Waals surface area contributed by atoms with Crippen molar-refractivity contribution in [1.82, 2.24) is 14.5 Å². The molecule has 0 spiro atoms. The zero-order valence-electron chi connectivity index (χ0n) is 33.6. The Morgan fingerprint density at radius 3 is 1.82 bits per heavy atom. The SMILES string of the molecule is CC(C)(C)c1ccnc(-c2[c-]cc(F)cc2)c1.CC(C)c1cc(-c2ccc(-c3ccccc3)cc2)cc(C(C)C)c1-n1c(-c2[c-]cccc2)nc2ccccc21.[Ir]. The van der Waals surface area contributed by atoms with E-state index in [0.717, 1.165) is 33.7 Å². The van der Waals surface area contributed by atoms with E-state index in [1.165, 1.54) is 56.8 Å². The minimum absolute atomic E-state index is 0. The minimum atomic E-state index is -0.277. The maximum absolute atomic E-state index is 12.8. The molecule has 0 aliphatic carbocycles. The van der Waals surface area contributed by atoms with Crippen molar-refractivity contribution in [2.75, 3.05) is 0 Å². The quantitative estimate of drug-likeness (QED) is 0.149. The third kappa shape index (κ3) is 9.23. The molecule has 0 amide bonds. The maximum atomic E-state index is 12.8. The summed E-state index contributed by atoms with van der Waals surface area (Å²) in [6.07, 6.45) is 1.78. The van der Waals surface area contributed by atoms with Gasteiger partial charge in [-0.1, -0.05) is 121 Å². The molecular weight excluding hydrogens is 878 g/mol. The van der Waals surface area contributed by atoms with Gasteiger partial charge in [-0.2, -0.15) is 0 Å². The van der Waals surface area contributed by atoms with Crippen LogP contribution in [-0.4, -0.2) is 14.5 Å². The van der Waals surface area contributed by atoms with Gasteiger partial charge in [-0.15, -0.1) is 65.7 Å². The van der Waals surface area contributed by atoms with Crippen molar-refractivity contribution >= 4 is 11.0 Å². The number of aromatic nitrogens is 3. The van der Waals surface area contributed by atoms with Gasteiger partial charge in [-0.05, 0) is 92.2 Å². The predicted molar refractivity (Wildman–Crippen MR) is 232 cm³/mol. The van der Waals surface area contributed by atoms with Gasteiger partial charge in [0.25, 0.3) is 0 Å². The fourth-order valence-corrected chi connectivity index (χ4v) is 7.05. The molecule has 0 atom stereocenters. The molecule has 0 aliphatic rings. The summed E-state index contributed by atoms with van der Waals surface area (Å²) < 4.78 is 15.2. The summed E-state index contributed by atoms with van der Waals surface area (Å²) in [6.45, 7) is 15.6. The molecule has 57 heavy (non-hydrogen) atoms. The van der Waals surface area contributed by atoms with E-state index in [4.69, 9.17) is 4.98 Å². The van der Waals surface area contributed by atoms with E-state index in [1.54, 1.807) is 12.3 Å². The molecule has 0 fully saturated rings. The molecule has 0 unspecified atom stereocenters. The van der Waals surface area contributed by atoms with Gasteiger partial charge in [0.05, 0.1) is 16.9 Å². The van der Waals surface area contributed by atoms with Gasteiger partial charge >= 0.3 is 0 Å². The van der Waals surface area contributed by atoms with Gasteiger partial charge in [0, 0.05) is 37.8 Å². The maximum Gasteiger partial charge on any atom is 0.0774 e. The average Bonchev–Trinajstić information content (AvgIpc) is 3.61. The molecule has 1 radical (unpaired) electrons. The van der Waals surface area contributed by atoms with Gasteiger partial charge in [-0.25, -0.2) is 0 Å². The minimum Gasteiger partial charge on any atom is -0.333 e. The first-order chi connectivity index (χ1) is 27.0. The molecule has 0 saturated carbocycles. The first kappa shape index (κ1) is 41.2. The molecule has 0 aliphatic heterocycles. The Morgan fingerprint density at radius 2 is 1.23 bits per heavy atom. The standard InChI is InChI=1S/C37H33N2.C15H15FN.Ir/c1-25(2)32-23-31(29-21-19-28(20-22-29)27-13-7-5-8-14-27)24-33(26(3)4)36(32)39-35-18-12-11-17-34(35)38-37(39)30-15-9-6-10-16-30;1-15(2,3)12-8-9-17-14(10-12)11-4-6-13(16)7-5-11;/h5-15,17-26H,1-4H3;4,6-10H,1-3H3;/q2*-1;. The van der Waals surface area contributed by atoms with Crippen molar-refractivity contribution in [1.29, 1.82) is 0 Å². The molecule has 289 valence electrons. The fourth-order valence-electron chi connectivity index (χ4n) is 7.05. The van der Waals surface area contributed by atoms with Crippen molar-refractivity contribution in [3.63, 3.8) is 0 Å². The molecule has 2 heterocycles. The summed E-state index contributed by atoms with van der Waals surface area (Å²) in [5.74, 6) is 1.31. The first-order valence-corrected chi connectivity index (χ1v) is 19.4. The number of hydrogen-bond acceptors (Lipinski definition) is 2. The van der Waals surface area contributed by atoms with Crippen molar-refractivity contribution in [2.45, 2.75) is 65.7 Å². The molecule has 6 aromatic carbocycles. The van der Waals surface area contributed by atoms with Crippen LogP contribution in [0.3, 0.4) is 0 Å². The number of pyridine rings is 1. The third-order valence-electron chi connectivity index (χ3n) is 10.1. The van der Waals surface area contributed by atoms with Crippen LogP contribution in [0.15, 0.2) is 152 Å². The van der Waals surface area contributed by atoms with Crippen LogP contribution in [0.5, 0.6) is 0 Å². The molecule has 8 aromatic rings. The Bertz CT molecular complexity index is 2520. The summed E-state index contributed by atoms with van der Waals surface area (Å²) >= 11 is 0. The number of para-hydroxylation sites is 2. The van der Waals surface area contributed by atoms with Crippen molar-refractivity contribution < 1.29 is 24.5 Å². The Hall–Kier alpha value is -5.48. The van der Waals surface area contributed by atoms with Crippen LogP contribution in [0, 0.1) is 17.9 Å². The fraction of sp³-hybridized carbons (Fsp3) is 0.192. The van der Waals surface area contributed by atoms with Crippen LogP contribution in [0.25, 0.3) is 61.6 Å². The molecule has 8 rings (SSSR count). The van der Waals surface area contributed by atoms with Crippen LogP contribution in [0.2, 0.25) is 0 Å². The van der Waals surface area contributed by atoms with E-state index in [-0.39, 0.29) is 31.3 Å². The smallest absolute Gasteiger partial charge is 0.0774 e. The average molecular weight is 926 g/mol. The first-order valence-electron chi connectivity index (χ1n) is 19.4. The Morgan fingerprint density at radius 1 is 0.614 bits per heavy atom. The van der Waals surface area contributed by atoms with Gasteiger partial charge < -0.3 is 9.55 Å². The topological polar surface area (TPSA) is 30.7 Å². The second-order valence-electron chi connectivity index (χ2n) is 15.9. The molecule has 0 N–H and O–H groups in total. The number of hydrogen-bond donors (Lipinski definition) is 0. The summed E-state index contributed by atoms with van der Waals surface area (Å²) in [4.78, 5) is 9.41. The van der Waals surface area contributed by atoms with Gasteiger partial charge in [-0.3, -0.25) is 9.37 Å². The van der Waals surface area contributed by atoms with E-state index in [1.807, 2.05) is 24.3 Å². The van der Waals surface area contributed by atoms with Crippen molar-refractivity contribution in [3.05, 3.63) is 186 Å². The van der Waals surface area contributed by atoms with Crippen LogP contribution in [0.1, 0.15) is 77.0 Å². The predicted octanol–water partition coefficient (Wildman–Crippen LogP) is 14.1. The Kier molecular flexibility index (Phi) is 12.8. The van der Waals surface area contributed by atoms with Crippen molar-refractivity contribution in [2.24, 2.45) is 0 Å². The van der Waals surface area contributed by atoms with E-state index in [9.17, 15) is 4.39 Å².